The van der Waals surface area contributed by atoms with E-state index in [2.05, 4.69) is 6.92 Å². The third kappa shape index (κ3) is 18.0. The number of ether oxygens (including phenoxy) is 2. The minimum atomic E-state index is -0.942. The normalized spacial score (nSPS) is 10.5. The Labute approximate surface area is 241 Å². The van der Waals surface area contributed by atoms with Gasteiger partial charge in [0, 0.05) is 6.42 Å². The lowest BCUT2D eigenvalue weighted by atomic mass is 10.1. The van der Waals surface area contributed by atoms with E-state index in [9.17, 15) is 9.59 Å². The Morgan fingerprint density at radius 2 is 1.40 bits per heavy atom. The average molecular weight is 579 g/mol. The van der Waals surface area contributed by atoms with Crippen LogP contribution in [0.15, 0.2) is 48.5 Å². The molecule has 0 fully saturated rings. The van der Waals surface area contributed by atoms with E-state index in [4.69, 9.17) is 29.2 Å². The summed E-state index contributed by atoms with van der Waals surface area (Å²) in [6, 6.07) is 15.3. The highest BCUT2D eigenvalue weighted by atomic mass is 31.0. The van der Waals surface area contributed by atoms with Gasteiger partial charge in [0.2, 0.25) is 0 Å². The van der Waals surface area contributed by atoms with Gasteiger partial charge in [-0.1, -0.05) is 94.7 Å². The lowest BCUT2D eigenvalue weighted by Crippen LogP contribution is -2.07. The number of esters is 1. The van der Waals surface area contributed by atoms with Crippen molar-refractivity contribution in [3.63, 3.8) is 0 Å². The molecule has 0 heterocycles. The molecule has 0 saturated carbocycles. The lowest BCUT2D eigenvalue weighted by Gasteiger charge is -2.12. The highest BCUT2D eigenvalue weighted by molar-refractivity contribution is 7.08. The smallest absolute Gasteiger partial charge is 0.306 e. The highest BCUT2D eigenvalue weighted by Crippen LogP contribution is 2.21. The van der Waals surface area contributed by atoms with Gasteiger partial charge in [0.05, 0.1) is 19.6 Å². The fraction of sp³-hybridized carbons (Fsp3) is 0.548. The second-order valence-corrected chi connectivity index (χ2v) is 9.49. The maximum absolute atomic E-state index is 12.4. The zero-order valence-corrected chi connectivity index (χ0v) is 25.0. The molecule has 0 aliphatic heterocycles. The van der Waals surface area contributed by atoms with Gasteiger partial charge >= 0.3 is 11.9 Å². The lowest BCUT2D eigenvalue weighted by molar-refractivity contribution is -0.303. The second kappa shape index (κ2) is 24.3. The van der Waals surface area contributed by atoms with Crippen molar-refractivity contribution in [1.29, 1.82) is 0 Å². The summed E-state index contributed by atoms with van der Waals surface area (Å²) in [5.74, 6) is -0.363. The molecule has 0 saturated heterocycles. The molecule has 2 N–H and O–H groups in total. The van der Waals surface area contributed by atoms with Crippen LogP contribution < -0.4 is 4.74 Å². The molecule has 0 spiro atoms. The number of carbonyl (C=O) groups is 2. The number of aliphatic carboxylic acids is 1. The topological polar surface area (TPSA) is 112 Å². The predicted molar refractivity (Wildman–Crippen MR) is 159 cm³/mol. The van der Waals surface area contributed by atoms with Gasteiger partial charge < -0.3 is 19.5 Å². The Balaban J connectivity index is 0.00000391. The van der Waals surface area contributed by atoms with E-state index in [0.717, 1.165) is 28.9 Å². The first-order valence-corrected chi connectivity index (χ1v) is 14.8. The van der Waals surface area contributed by atoms with Crippen molar-refractivity contribution in [3.05, 3.63) is 65.2 Å². The first kappa shape index (κ1) is 35.5. The minimum absolute atomic E-state index is 0.0138. The largest absolute Gasteiger partial charge is 0.493 e. The van der Waals surface area contributed by atoms with Crippen LogP contribution in [0, 0.1) is 0 Å². The number of carboxylic acid groups (broad SMARTS) is 1. The van der Waals surface area contributed by atoms with Crippen LogP contribution in [0.5, 0.6) is 5.75 Å². The summed E-state index contributed by atoms with van der Waals surface area (Å²) in [4.78, 5) is 39.7. The summed E-state index contributed by atoms with van der Waals surface area (Å²) in [6.07, 6.45) is 12.2. The Kier molecular flexibility index (Phi) is 21.6. The Morgan fingerprint density at radius 3 is 2.10 bits per heavy atom. The van der Waals surface area contributed by atoms with Gasteiger partial charge in [0.15, 0.2) is 0 Å². The van der Waals surface area contributed by atoms with Crippen LogP contribution in [-0.2, 0) is 43.7 Å². The minimum Gasteiger partial charge on any atom is -0.493 e. The first-order chi connectivity index (χ1) is 19.6. The molecular formula is C31H47O8P. The first-order valence-electron chi connectivity index (χ1n) is 14.2. The predicted octanol–water partition coefficient (Wildman–Crippen LogP) is 6.96. The zero-order chi connectivity index (χ0) is 29.3. The van der Waals surface area contributed by atoms with Crippen molar-refractivity contribution in [3.8, 4) is 5.75 Å². The van der Waals surface area contributed by atoms with Crippen molar-refractivity contribution in [2.24, 2.45) is 0 Å². The number of carbonyl (C=O) groups excluding carboxylic acids is 1. The number of rotatable bonds is 22. The van der Waals surface area contributed by atoms with E-state index in [1.165, 1.54) is 60.8 Å². The second-order valence-electron chi connectivity index (χ2n) is 9.49. The monoisotopic (exact) mass is 578 g/mol. The van der Waals surface area contributed by atoms with Crippen LogP contribution in [0.4, 0.5) is 0 Å². The van der Waals surface area contributed by atoms with Gasteiger partial charge in [0.25, 0.3) is 0 Å². The van der Waals surface area contributed by atoms with E-state index in [1.807, 2.05) is 48.5 Å². The van der Waals surface area contributed by atoms with Crippen molar-refractivity contribution in [2.75, 3.05) is 13.2 Å². The summed E-state index contributed by atoms with van der Waals surface area (Å²) in [5.41, 5.74) is 2.70. The molecule has 9 heteroatoms. The Hall–Kier alpha value is -2.51. The number of benzene rings is 2. The fourth-order valence-corrected chi connectivity index (χ4v) is 4.03. The summed E-state index contributed by atoms with van der Waals surface area (Å²) in [6.45, 7) is 3.28. The maximum Gasteiger partial charge on any atom is 0.306 e. The molecule has 2 aromatic rings. The van der Waals surface area contributed by atoms with E-state index in [0.29, 0.717) is 13.0 Å². The summed E-state index contributed by atoms with van der Waals surface area (Å²) in [7, 11) is 1.42. The van der Waals surface area contributed by atoms with Gasteiger partial charge in [0.1, 0.15) is 19.0 Å². The molecule has 0 amide bonds. The van der Waals surface area contributed by atoms with Crippen LogP contribution in [0.1, 0.15) is 94.2 Å². The number of aryl methyl sites for hydroxylation is 1. The van der Waals surface area contributed by atoms with Gasteiger partial charge in [-0.25, -0.2) is 9.78 Å². The number of hydrogen-bond donors (Lipinski definition) is 2. The van der Waals surface area contributed by atoms with Crippen LogP contribution in [0.2, 0.25) is 0 Å². The third-order valence-electron chi connectivity index (χ3n) is 6.18. The maximum atomic E-state index is 12.4. The molecule has 0 aliphatic carbocycles. The van der Waals surface area contributed by atoms with Gasteiger partial charge in [-0.2, -0.15) is 0 Å². The standard InChI is InChI=1S/C31H44O7.H3OP/c1-2-3-4-5-6-7-8-9-12-21-35-29-17-11-10-16-28(29)18-19-31(34)36-24-26-14-13-15-27(23-26)25-38-37-22-20-30(32)33;1-2/h10-11,13-17,23H,2-9,12,18-22,24-25H2,1H3,(H,32,33);1H,2H2. The molecule has 2 aromatic carbocycles. The van der Waals surface area contributed by atoms with E-state index < -0.39 is 5.97 Å². The van der Waals surface area contributed by atoms with Gasteiger partial charge in [-0.05, 0) is 51.1 Å². The highest BCUT2D eigenvalue weighted by Gasteiger charge is 2.09. The van der Waals surface area contributed by atoms with Crippen molar-refractivity contribution in [1.82, 2.24) is 0 Å². The Morgan fingerprint density at radius 1 is 0.750 bits per heavy atom. The van der Waals surface area contributed by atoms with Crippen molar-refractivity contribution < 1.29 is 38.8 Å². The summed E-state index contributed by atoms with van der Waals surface area (Å²) < 4.78 is 11.5. The number of hydrogen-bond acceptors (Lipinski definition) is 7. The quantitative estimate of drug-likeness (QED) is 0.0507. The molecule has 1 atom stereocenters. The van der Waals surface area contributed by atoms with Crippen LogP contribution in [0.3, 0.4) is 0 Å². The summed E-state index contributed by atoms with van der Waals surface area (Å²) >= 11 is 0. The van der Waals surface area contributed by atoms with E-state index >= 15 is 0 Å². The molecule has 0 bridgehead atoms. The molecule has 1 unspecified atom stereocenters. The van der Waals surface area contributed by atoms with Crippen LogP contribution in [0.25, 0.3) is 0 Å². The number of para-hydroxylation sites is 1. The molecule has 224 valence electrons. The van der Waals surface area contributed by atoms with Crippen LogP contribution >= 0.6 is 9.47 Å². The van der Waals surface area contributed by atoms with E-state index in [-0.39, 0.29) is 38.6 Å². The van der Waals surface area contributed by atoms with E-state index in [1.54, 1.807) is 0 Å². The number of unbranched alkanes of at least 4 members (excludes halogenated alkanes) is 8. The molecule has 8 nitrogen and oxygen atoms in total. The zero-order valence-electron chi connectivity index (χ0n) is 23.9. The third-order valence-corrected chi connectivity index (χ3v) is 6.18. The molecular weight excluding hydrogens is 531 g/mol. The molecule has 2 rings (SSSR count). The number of carboxylic acids is 1. The molecule has 0 aromatic heterocycles. The van der Waals surface area contributed by atoms with Gasteiger partial charge in [-0.15, -0.1) is 0 Å². The summed E-state index contributed by atoms with van der Waals surface area (Å²) in [5, 5.41) is 8.59. The Bertz CT molecular complexity index is 937. The van der Waals surface area contributed by atoms with Crippen LogP contribution in [-0.4, -0.2) is 35.2 Å². The fourth-order valence-electron chi connectivity index (χ4n) is 4.03. The van der Waals surface area contributed by atoms with Crippen molar-refractivity contribution in [2.45, 2.75) is 97.2 Å². The van der Waals surface area contributed by atoms with Crippen molar-refractivity contribution >= 4 is 21.4 Å². The molecule has 40 heavy (non-hydrogen) atoms. The average Bonchev–Trinajstić information content (AvgIpc) is 2.97. The van der Waals surface area contributed by atoms with Gasteiger partial charge in [-0.3, -0.25) is 9.59 Å². The molecule has 0 radical (unpaired) electrons. The SMILES string of the molecule is CCCCCCCCCCCOc1ccccc1CCC(=O)OCc1cccc(COOCCC(=O)O)c1.OP. The molecule has 0 aliphatic rings.